The van der Waals surface area contributed by atoms with Crippen LogP contribution in [0.15, 0.2) is 48.5 Å². The number of aromatic nitrogens is 1. The highest BCUT2D eigenvalue weighted by Gasteiger charge is 2.29. The highest BCUT2D eigenvalue weighted by Crippen LogP contribution is 2.34. The van der Waals surface area contributed by atoms with E-state index in [0.29, 0.717) is 33.1 Å². The van der Waals surface area contributed by atoms with Crippen LogP contribution in [-0.2, 0) is 9.59 Å². The van der Waals surface area contributed by atoms with Crippen molar-refractivity contribution >= 4 is 40.0 Å². The number of nitrogens with two attached hydrogens (primary N) is 1. The predicted molar refractivity (Wildman–Crippen MR) is 108 cm³/mol. The van der Waals surface area contributed by atoms with E-state index in [1.807, 2.05) is 18.2 Å². The number of rotatable bonds is 6. The lowest BCUT2D eigenvalue weighted by Gasteiger charge is -2.12. The van der Waals surface area contributed by atoms with Gasteiger partial charge in [0.05, 0.1) is 11.2 Å². The number of fused-ring (bicyclic) bond motifs is 1. The van der Waals surface area contributed by atoms with E-state index in [2.05, 4.69) is 10.3 Å². The standard InChI is InChI=1S/C21H18ClN3O3/c22-14-3-1-2-13(8-14)18-10-19(28-11-20(23)26)16-9-15(6-7-17(16)25-18)24-21(27)12-4-5-12/h1-3,6-10,12H,4-5,11H2,(H2,23,26)(H,24,27). The predicted octanol–water partition coefficient (Wildman–Crippen LogP) is 3.77. The molecule has 2 aromatic carbocycles. The molecular formula is C21H18ClN3O3. The number of amides is 2. The van der Waals surface area contributed by atoms with Gasteiger partial charge in [0.15, 0.2) is 6.61 Å². The van der Waals surface area contributed by atoms with Crippen LogP contribution in [0.5, 0.6) is 5.75 Å². The number of carbonyl (C=O) groups excluding carboxylic acids is 2. The number of ether oxygens (including phenoxy) is 1. The Morgan fingerprint density at radius 1 is 1.18 bits per heavy atom. The van der Waals surface area contributed by atoms with Gasteiger partial charge in [-0.15, -0.1) is 0 Å². The molecule has 0 saturated heterocycles. The van der Waals surface area contributed by atoms with Crippen molar-refractivity contribution in [3.8, 4) is 17.0 Å². The molecule has 0 unspecified atom stereocenters. The van der Waals surface area contributed by atoms with Gasteiger partial charge >= 0.3 is 0 Å². The Labute approximate surface area is 166 Å². The molecule has 6 nitrogen and oxygen atoms in total. The van der Waals surface area contributed by atoms with Gasteiger partial charge in [-0.2, -0.15) is 0 Å². The summed E-state index contributed by atoms with van der Waals surface area (Å²) in [6.07, 6.45) is 1.86. The Morgan fingerprint density at radius 2 is 2.00 bits per heavy atom. The van der Waals surface area contributed by atoms with Gasteiger partial charge in [-0.25, -0.2) is 4.98 Å². The Morgan fingerprint density at radius 3 is 2.71 bits per heavy atom. The molecule has 1 heterocycles. The molecule has 3 aromatic rings. The number of halogens is 1. The molecule has 7 heteroatoms. The monoisotopic (exact) mass is 395 g/mol. The maximum absolute atomic E-state index is 12.1. The third-order valence-electron chi connectivity index (χ3n) is 4.48. The minimum absolute atomic E-state index is 0.0162. The molecule has 1 fully saturated rings. The smallest absolute Gasteiger partial charge is 0.255 e. The van der Waals surface area contributed by atoms with Crippen LogP contribution in [0.2, 0.25) is 5.02 Å². The van der Waals surface area contributed by atoms with Crippen LogP contribution in [0.3, 0.4) is 0 Å². The van der Waals surface area contributed by atoms with Gasteiger partial charge in [-0.1, -0.05) is 23.7 Å². The molecule has 1 aliphatic carbocycles. The fourth-order valence-electron chi connectivity index (χ4n) is 2.93. The quantitative estimate of drug-likeness (QED) is 0.664. The van der Waals surface area contributed by atoms with Crippen molar-refractivity contribution in [2.45, 2.75) is 12.8 Å². The van der Waals surface area contributed by atoms with Crippen molar-refractivity contribution < 1.29 is 14.3 Å². The number of nitrogens with zero attached hydrogens (tertiary/aromatic N) is 1. The molecule has 28 heavy (non-hydrogen) atoms. The van der Waals surface area contributed by atoms with Crippen LogP contribution in [0.25, 0.3) is 22.2 Å². The maximum atomic E-state index is 12.1. The van der Waals surface area contributed by atoms with Gasteiger partial charge in [-0.3, -0.25) is 9.59 Å². The number of anilines is 1. The zero-order chi connectivity index (χ0) is 19.7. The number of primary amides is 1. The molecule has 1 aromatic heterocycles. The van der Waals surface area contributed by atoms with Crippen molar-refractivity contribution in [1.29, 1.82) is 0 Å². The summed E-state index contributed by atoms with van der Waals surface area (Å²) in [5.74, 6) is 0.000764. The number of hydrogen-bond donors (Lipinski definition) is 2. The first kappa shape index (κ1) is 18.3. The third-order valence-corrected chi connectivity index (χ3v) is 4.71. The van der Waals surface area contributed by atoms with Crippen LogP contribution in [0, 0.1) is 5.92 Å². The lowest BCUT2D eigenvalue weighted by molar-refractivity contribution is -0.120. The molecule has 1 saturated carbocycles. The highest BCUT2D eigenvalue weighted by atomic mass is 35.5. The van der Waals surface area contributed by atoms with Crippen LogP contribution < -0.4 is 15.8 Å². The van der Waals surface area contributed by atoms with Crippen LogP contribution in [0.4, 0.5) is 5.69 Å². The lowest BCUT2D eigenvalue weighted by atomic mass is 10.1. The molecule has 4 rings (SSSR count). The zero-order valence-electron chi connectivity index (χ0n) is 14.9. The molecule has 0 radical (unpaired) electrons. The maximum Gasteiger partial charge on any atom is 0.255 e. The van der Waals surface area contributed by atoms with E-state index < -0.39 is 5.91 Å². The molecule has 1 aliphatic rings. The fourth-order valence-corrected chi connectivity index (χ4v) is 3.12. The minimum Gasteiger partial charge on any atom is -0.483 e. The first-order valence-electron chi connectivity index (χ1n) is 8.92. The SMILES string of the molecule is NC(=O)COc1cc(-c2cccc(Cl)c2)nc2ccc(NC(=O)C3CC3)cc12. The van der Waals surface area contributed by atoms with E-state index in [9.17, 15) is 9.59 Å². The van der Waals surface area contributed by atoms with Gasteiger partial charge in [0.1, 0.15) is 5.75 Å². The second-order valence-corrected chi connectivity index (χ2v) is 7.20. The largest absolute Gasteiger partial charge is 0.483 e. The molecule has 0 aliphatic heterocycles. The minimum atomic E-state index is -0.576. The number of carbonyl (C=O) groups is 2. The van der Waals surface area contributed by atoms with Crippen molar-refractivity contribution in [1.82, 2.24) is 4.98 Å². The summed E-state index contributed by atoms with van der Waals surface area (Å²) in [7, 11) is 0. The molecule has 2 amide bonds. The Bertz CT molecular complexity index is 1080. The van der Waals surface area contributed by atoms with Gasteiger partial charge in [0.2, 0.25) is 5.91 Å². The van der Waals surface area contributed by atoms with Crippen LogP contribution in [0.1, 0.15) is 12.8 Å². The Balaban J connectivity index is 1.76. The van der Waals surface area contributed by atoms with Gasteiger partial charge in [0, 0.05) is 33.6 Å². The lowest BCUT2D eigenvalue weighted by Crippen LogP contribution is -2.20. The molecular weight excluding hydrogens is 378 g/mol. The average molecular weight is 396 g/mol. The first-order valence-corrected chi connectivity index (χ1v) is 9.30. The van der Waals surface area contributed by atoms with E-state index in [-0.39, 0.29) is 18.4 Å². The van der Waals surface area contributed by atoms with E-state index in [1.54, 1.807) is 30.3 Å². The van der Waals surface area contributed by atoms with Crippen LogP contribution in [-0.4, -0.2) is 23.4 Å². The Hall–Kier alpha value is -3.12. The summed E-state index contributed by atoms with van der Waals surface area (Å²) in [6, 6.07) is 14.5. The Kier molecular flexibility index (Phi) is 4.88. The van der Waals surface area contributed by atoms with Gasteiger partial charge < -0.3 is 15.8 Å². The second-order valence-electron chi connectivity index (χ2n) is 6.77. The van der Waals surface area contributed by atoms with E-state index in [4.69, 9.17) is 22.1 Å². The summed E-state index contributed by atoms with van der Waals surface area (Å²) in [6.45, 7) is -0.257. The third kappa shape index (κ3) is 4.07. The average Bonchev–Trinajstić information content (AvgIpc) is 3.51. The topological polar surface area (TPSA) is 94.3 Å². The molecule has 0 atom stereocenters. The van der Waals surface area contributed by atoms with Gasteiger partial charge in [0.25, 0.3) is 5.91 Å². The van der Waals surface area contributed by atoms with Crippen molar-refractivity contribution in [3.05, 3.63) is 53.6 Å². The van der Waals surface area contributed by atoms with E-state index in [1.165, 1.54) is 0 Å². The summed E-state index contributed by atoms with van der Waals surface area (Å²) in [4.78, 5) is 27.9. The van der Waals surface area contributed by atoms with Crippen LogP contribution >= 0.6 is 11.6 Å². The molecule has 0 bridgehead atoms. The van der Waals surface area contributed by atoms with E-state index in [0.717, 1.165) is 18.4 Å². The number of hydrogen-bond acceptors (Lipinski definition) is 4. The normalized spacial score (nSPS) is 13.3. The van der Waals surface area contributed by atoms with Crippen molar-refractivity contribution in [2.75, 3.05) is 11.9 Å². The van der Waals surface area contributed by atoms with Crippen molar-refractivity contribution in [3.63, 3.8) is 0 Å². The first-order chi connectivity index (χ1) is 13.5. The second kappa shape index (κ2) is 7.48. The molecule has 0 spiro atoms. The van der Waals surface area contributed by atoms with Crippen molar-refractivity contribution in [2.24, 2.45) is 11.7 Å². The molecule has 142 valence electrons. The van der Waals surface area contributed by atoms with E-state index >= 15 is 0 Å². The highest BCUT2D eigenvalue weighted by molar-refractivity contribution is 6.30. The van der Waals surface area contributed by atoms with Gasteiger partial charge in [-0.05, 0) is 43.2 Å². The molecule has 3 N–H and O–H groups in total. The summed E-state index contributed by atoms with van der Waals surface area (Å²) >= 11 is 6.09. The summed E-state index contributed by atoms with van der Waals surface area (Å²) in [5.41, 5.74) is 8.04. The number of benzene rings is 2. The fraction of sp³-hybridized carbons (Fsp3) is 0.190. The summed E-state index contributed by atoms with van der Waals surface area (Å²) < 4.78 is 5.63. The number of pyridine rings is 1. The zero-order valence-corrected chi connectivity index (χ0v) is 15.7. The number of nitrogens with one attached hydrogen (secondary N) is 1. The summed E-state index contributed by atoms with van der Waals surface area (Å²) in [5, 5.41) is 4.19.